The van der Waals surface area contributed by atoms with E-state index < -0.39 is 0 Å². The summed E-state index contributed by atoms with van der Waals surface area (Å²) in [6.07, 6.45) is 3.41. The fraction of sp³-hybridized carbons (Fsp3) is 0.154. The van der Waals surface area contributed by atoms with Crippen molar-refractivity contribution in [3.63, 3.8) is 0 Å². The molecule has 2 nitrogen and oxygen atoms in total. The van der Waals surface area contributed by atoms with Crippen LogP contribution in [0, 0.1) is 6.92 Å². The van der Waals surface area contributed by atoms with Crippen LogP contribution in [0.1, 0.15) is 11.1 Å². The van der Waals surface area contributed by atoms with Crippen molar-refractivity contribution >= 4 is 17.3 Å². The zero-order valence-electron chi connectivity index (χ0n) is 9.07. The first-order chi connectivity index (χ1) is 7.77. The van der Waals surface area contributed by atoms with E-state index in [9.17, 15) is 0 Å². The Kier molecular flexibility index (Phi) is 3.42. The number of aromatic nitrogens is 1. The molecule has 0 bridgehead atoms. The topological polar surface area (TPSA) is 24.9 Å². The molecule has 0 amide bonds. The first-order valence-electron chi connectivity index (χ1n) is 5.15. The van der Waals surface area contributed by atoms with Crippen molar-refractivity contribution in [2.24, 2.45) is 0 Å². The summed E-state index contributed by atoms with van der Waals surface area (Å²) >= 11 is 6.03. The summed E-state index contributed by atoms with van der Waals surface area (Å²) in [7, 11) is 0. The monoisotopic (exact) mass is 232 g/mol. The van der Waals surface area contributed by atoms with Gasteiger partial charge < -0.3 is 5.32 Å². The molecule has 0 unspecified atom stereocenters. The number of halogens is 1. The van der Waals surface area contributed by atoms with Crippen molar-refractivity contribution in [3.8, 4) is 0 Å². The number of nitrogens with zero attached hydrogens (tertiary/aromatic N) is 1. The van der Waals surface area contributed by atoms with Gasteiger partial charge in [0.1, 0.15) is 0 Å². The maximum Gasteiger partial charge on any atom is 0.0639 e. The maximum atomic E-state index is 6.03. The van der Waals surface area contributed by atoms with Gasteiger partial charge in [-0.15, -0.1) is 0 Å². The Morgan fingerprint density at radius 3 is 2.81 bits per heavy atom. The number of hydrogen-bond donors (Lipinski definition) is 1. The van der Waals surface area contributed by atoms with E-state index in [0.717, 1.165) is 11.3 Å². The lowest BCUT2D eigenvalue weighted by Gasteiger charge is -2.09. The van der Waals surface area contributed by atoms with Gasteiger partial charge in [-0.25, -0.2) is 0 Å². The van der Waals surface area contributed by atoms with Crippen molar-refractivity contribution in [2.45, 2.75) is 13.5 Å². The van der Waals surface area contributed by atoms with Gasteiger partial charge in [0.25, 0.3) is 0 Å². The minimum absolute atomic E-state index is 0.698. The zero-order valence-corrected chi connectivity index (χ0v) is 9.83. The summed E-state index contributed by atoms with van der Waals surface area (Å²) < 4.78 is 0. The summed E-state index contributed by atoms with van der Waals surface area (Å²) in [6.45, 7) is 2.79. The van der Waals surface area contributed by atoms with Gasteiger partial charge in [-0.1, -0.05) is 29.8 Å². The Labute approximate surface area is 100 Å². The van der Waals surface area contributed by atoms with E-state index in [2.05, 4.69) is 29.4 Å². The molecule has 0 fully saturated rings. The number of hydrogen-bond acceptors (Lipinski definition) is 2. The molecule has 0 atom stereocenters. The molecule has 1 heterocycles. The average Bonchev–Trinajstić information content (AvgIpc) is 2.30. The highest BCUT2D eigenvalue weighted by atomic mass is 35.5. The minimum atomic E-state index is 0.698. The van der Waals surface area contributed by atoms with E-state index in [1.54, 1.807) is 12.4 Å². The minimum Gasteiger partial charge on any atom is -0.381 e. The van der Waals surface area contributed by atoms with E-state index >= 15 is 0 Å². The van der Waals surface area contributed by atoms with Crippen molar-refractivity contribution < 1.29 is 0 Å². The van der Waals surface area contributed by atoms with Crippen LogP contribution in [0.4, 0.5) is 5.69 Å². The Morgan fingerprint density at radius 1 is 1.25 bits per heavy atom. The molecule has 0 aliphatic heterocycles. The predicted molar refractivity (Wildman–Crippen MR) is 67.8 cm³/mol. The molecule has 1 aromatic heterocycles. The molecule has 2 aromatic rings. The Hall–Kier alpha value is -1.54. The fourth-order valence-electron chi connectivity index (χ4n) is 1.51. The van der Waals surface area contributed by atoms with Crippen LogP contribution < -0.4 is 5.32 Å². The normalized spacial score (nSPS) is 10.1. The molecule has 0 radical (unpaired) electrons. The molecule has 0 aliphatic carbocycles. The zero-order chi connectivity index (χ0) is 11.4. The second-order valence-corrected chi connectivity index (χ2v) is 4.04. The third-order valence-electron chi connectivity index (χ3n) is 2.47. The smallest absolute Gasteiger partial charge is 0.0639 e. The molecule has 16 heavy (non-hydrogen) atoms. The van der Waals surface area contributed by atoms with Gasteiger partial charge in [-0.3, -0.25) is 4.98 Å². The molecular formula is C13H13ClN2. The van der Waals surface area contributed by atoms with E-state index in [0.29, 0.717) is 11.6 Å². The van der Waals surface area contributed by atoms with E-state index in [4.69, 9.17) is 11.6 Å². The van der Waals surface area contributed by atoms with Crippen molar-refractivity contribution in [3.05, 3.63) is 58.9 Å². The second kappa shape index (κ2) is 4.99. The van der Waals surface area contributed by atoms with Crippen LogP contribution in [-0.4, -0.2) is 4.98 Å². The standard InChI is InChI=1S/C13H13ClN2/c1-10-4-2-3-5-13(10)16-8-11-6-7-15-9-12(11)14/h2-7,9,16H,8H2,1H3. The molecule has 0 saturated carbocycles. The van der Waals surface area contributed by atoms with Crippen LogP contribution in [0.2, 0.25) is 5.02 Å². The number of rotatable bonds is 3. The first kappa shape index (κ1) is 11.0. The highest BCUT2D eigenvalue weighted by Gasteiger charge is 2.00. The molecule has 2 rings (SSSR count). The fourth-order valence-corrected chi connectivity index (χ4v) is 1.70. The molecule has 82 valence electrons. The van der Waals surface area contributed by atoms with Gasteiger partial charge in [-0.2, -0.15) is 0 Å². The average molecular weight is 233 g/mol. The summed E-state index contributed by atoms with van der Waals surface area (Å²) in [6, 6.07) is 10.1. The van der Waals surface area contributed by atoms with Crippen LogP contribution in [0.5, 0.6) is 0 Å². The van der Waals surface area contributed by atoms with Gasteiger partial charge in [0.05, 0.1) is 5.02 Å². The molecule has 3 heteroatoms. The molecule has 0 aliphatic rings. The number of anilines is 1. The summed E-state index contributed by atoms with van der Waals surface area (Å²) in [5, 5.41) is 4.06. The quantitative estimate of drug-likeness (QED) is 0.874. The Balaban J connectivity index is 2.09. The van der Waals surface area contributed by atoms with Crippen molar-refractivity contribution in [1.82, 2.24) is 4.98 Å². The molecule has 1 N–H and O–H groups in total. The van der Waals surface area contributed by atoms with Crippen LogP contribution in [0.15, 0.2) is 42.7 Å². The highest BCUT2D eigenvalue weighted by molar-refractivity contribution is 6.31. The number of para-hydroxylation sites is 1. The lowest BCUT2D eigenvalue weighted by molar-refractivity contribution is 1.12. The van der Waals surface area contributed by atoms with Crippen LogP contribution >= 0.6 is 11.6 Å². The van der Waals surface area contributed by atoms with E-state index in [1.807, 2.05) is 18.2 Å². The van der Waals surface area contributed by atoms with Gasteiger partial charge in [0, 0.05) is 24.6 Å². The van der Waals surface area contributed by atoms with Gasteiger partial charge in [-0.05, 0) is 30.2 Å². The largest absolute Gasteiger partial charge is 0.381 e. The number of aryl methyl sites for hydroxylation is 1. The maximum absolute atomic E-state index is 6.03. The van der Waals surface area contributed by atoms with E-state index in [-0.39, 0.29) is 0 Å². The summed E-state index contributed by atoms with van der Waals surface area (Å²) in [4.78, 5) is 3.96. The molecule has 0 spiro atoms. The summed E-state index contributed by atoms with van der Waals surface area (Å²) in [5.74, 6) is 0. The highest BCUT2D eigenvalue weighted by Crippen LogP contribution is 2.17. The molecule has 1 aromatic carbocycles. The summed E-state index contributed by atoms with van der Waals surface area (Å²) in [5.41, 5.74) is 3.42. The Morgan fingerprint density at radius 2 is 2.06 bits per heavy atom. The van der Waals surface area contributed by atoms with Gasteiger partial charge in [0.2, 0.25) is 0 Å². The second-order valence-electron chi connectivity index (χ2n) is 3.64. The SMILES string of the molecule is Cc1ccccc1NCc1ccncc1Cl. The number of nitrogens with one attached hydrogen (secondary N) is 1. The van der Waals surface area contributed by atoms with Crippen molar-refractivity contribution in [2.75, 3.05) is 5.32 Å². The number of pyridine rings is 1. The Bertz CT molecular complexity index is 437. The lowest BCUT2D eigenvalue weighted by atomic mass is 10.2. The third kappa shape index (κ3) is 2.52. The molecular weight excluding hydrogens is 220 g/mol. The number of benzene rings is 1. The van der Waals surface area contributed by atoms with Crippen molar-refractivity contribution in [1.29, 1.82) is 0 Å². The van der Waals surface area contributed by atoms with Crippen LogP contribution in [-0.2, 0) is 6.54 Å². The van der Waals surface area contributed by atoms with Crippen LogP contribution in [0.3, 0.4) is 0 Å². The lowest BCUT2D eigenvalue weighted by Crippen LogP contribution is -2.01. The van der Waals surface area contributed by atoms with E-state index in [1.165, 1.54) is 5.56 Å². The predicted octanol–water partition coefficient (Wildman–Crippen LogP) is 3.66. The van der Waals surface area contributed by atoms with Gasteiger partial charge >= 0.3 is 0 Å². The molecule has 0 saturated heterocycles. The van der Waals surface area contributed by atoms with Gasteiger partial charge in [0.15, 0.2) is 0 Å². The third-order valence-corrected chi connectivity index (χ3v) is 2.81. The first-order valence-corrected chi connectivity index (χ1v) is 5.53. The van der Waals surface area contributed by atoms with Crippen LogP contribution in [0.25, 0.3) is 0 Å².